The van der Waals surface area contributed by atoms with Crippen molar-refractivity contribution in [2.24, 2.45) is 0 Å². The van der Waals surface area contributed by atoms with E-state index in [2.05, 4.69) is 34.9 Å². The number of piperidine rings is 1. The molecule has 9 nitrogen and oxygen atoms in total. The summed E-state index contributed by atoms with van der Waals surface area (Å²) >= 11 is 0. The zero-order valence-corrected chi connectivity index (χ0v) is 29.5. The minimum Gasteiger partial charge on any atom is -0.497 e. The van der Waals surface area contributed by atoms with Crippen molar-refractivity contribution in [2.45, 2.75) is 68.7 Å². The molecule has 0 unspecified atom stereocenters. The maximum atomic E-state index is 14.3. The predicted molar refractivity (Wildman–Crippen MR) is 186 cm³/mol. The number of hydrogen-bond acceptors (Lipinski definition) is 8. The lowest BCUT2D eigenvalue weighted by atomic mass is 9.82. The number of fused-ring (bicyclic) bond motifs is 1. The Morgan fingerprint density at radius 1 is 1.02 bits per heavy atom. The minimum absolute atomic E-state index is 0.00348. The zero-order chi connectivity index (χ0) is 33.6. The van der Waals surface area contributed by atoms with Crippen molar-refractivity contribution in [3.63, 3.8) is 0 Å². The van der Waals surface area contributed by atoms with Gasteiger partial charge >= 0.3 is 0 Å². The van der Waals surface area contributed by atoms with Crippen LogP contribution in [0, 0.1) is 6.92 Å². The first-order valence-electron chi connectivity index (χ1n) is 16.6. The molecule has 1 saturated heterocycles. The Balaban J connectivity index is 1.46. The molecule has 0 bridgehead atoms. The first-order valence-corrected chi connectivity index (χ1v) is 18.0. The van der Waals surface area contributed by atoms with Crippen LogP contribution in [0.4, 0.5) is 5.69 Å². The summed E-state index contributed by atoms with van der Waals surface area (Å²) in [7, 11) is 3.70. The van der Waals surface area contributed by atoms with Crippen LogP contribution in [0.1, 0.15) is 48.8 Å². The first-order chi connectivity index (χ1) is 22.6. The van der Waals surface area contributed by atoms with Crippen molar-refractivity contribution < 1.29 is 27.4 Å². The lowest BCUT2D eigenvalue weighted by Crippen LogP contribution is -2.53. The number of aryl methyl sites for hydroxylation is 1. The lowest BCUT2D eigenvalue weighted by Gasteiger charge is -2.44. The van der Waals surface area contributed by atoms with Crippen LogP contribution >= 0.6 is 0 Å². The smallest absolute Gasteiger partial charge is 0.243 e. The highest BCUT2D eigenvalue weighted by Crippen LogP contribution is 2.40. The summed E-state index contributed by atoms with van der Waals surface area (Å²) in [6.07, 6.45) is 1.92. The molecule has 2 heterocycles. The van der Waals surface area contributed by atoms with E-state index in [1.54, 1.807) is 30.7 Å². The van der Waals surface area contributed by atoms with Crippen LogP contribution in [0.25, 0.3) is 0 Å². The van der Waals surface area contributed by atoms with Crippen LogP contribution in [0.5, 0.6) is 11.5 Å². The van der Waals surface area contributed by atoms with E-state index in [-0.39, 0.29) is 30.7 Å². The van der Waals surface area contributed by atoms with Gasteiger partial charge in [-0.1, -0.05) is 35.9 Å². The molecule has 0 N–H and O–H groups in total. The molecule has 0 saturated carbocycles. The van der Waals surface area contributed by atoms with E-state index in [1.807, 2.05) is 57.4 Å². The number of methoxy groups -OCH3 is 2. The van der Waals surface area contributed by atoms with E-state index < -0.39 is 10.0 Å². The molecule has 0 aromatic heterocycles. The molecule has 3 aromatic rings. The zero-order valence-electron chi connectivity index (χ0n) is 28.7. The fraction of sp³-hybridized carbons (Fsp3) is 0.514. The predicted octanol–water partition coefficient (Wildman–Crippen LogP) is 5.71. The number of anilines is 1. The molecule has 47 heavy (non-hydrogen) atoms. The number of hydrogen-bond donors (Lipinski definition) is 0. The van der Waals surface area contributed by atoms with Gasteiger partial charge in [0.2, 0.25) is 10.0 Å². The maximum Gasteiger partial charge on any atom is 0.243 e. The molecule has 4 atom stereocenters. The molecule has 10 heteroatoms. The van der Waals surface area contributed by atoms with Gasteiger partial charge in [-0.05, 0) is 94.7 Å². The van der Waals surface area contributed by atoms with E-state index in [9.17, 15) is 8.42 Å². The normalized spacial score (nSPS) is 20.9. The van der Waals surface area contributed by atoms with Crippen LogP contribution in [0.15, 0.2) is 71.6 Å². The maximum absolute atomic E-state index is 14.3. The van der Waals surface area contributed by atoms with Gasteiger partial charge in [-0.25, -0.2) is 8.42 Å². The van der Waals surface area contributed by atoms with Gasteiger partial charge in [-0.15, -0.1) is 0 Å². The van der Waals surface area contributed by atoms with E-state index in [1.165, 1.54) is 0 Å². The van der Waals surface area contributed by atoms with E-state index in [4.69, 9.17) is 18.9 Å². The Morgan fingerprint density at radius 3 is 2.45 bits per heavy atom. The summed E-state index contributed by atoms with van der Waals surface area (Å²) in [6.45, 7) is 7.80. The molecule has 5 rings (SSSR count). The Hall–Kier alpha value is -3.15. The second kappa shape index (κ2) is 15.8. The molecule has 2 aliphatic rings. The molecule has 0 amide bonds. The number of ether oxygens (including phenoxy) is 4. The minimum atomic E-state index is -3.78. The summed E-state index contributed by atoms with van der Waals surface area (Å²) in [5.41, 5.74) is 4.23. The van der Waals surface area contributed by atoms with Crippen LogP contribution in [-0.4, -0.2) is 97.0 Å². The Bertz CT molecular complexity index is 1550. The number of nitrogens with zero attached hydrogens (tertiary/aromatic N) is 3. The van der Waals surface area contributed by atoms with Crippen molar-refractivity contribution in [1.29, 1.82) is 0 Å². The molecule has 0 spiro atoms. The fourth-order valence-corrected chi connectivity index (χ4v) is 8.25. The van der Waals surface area contributed by atoms with Crippen LogP contribution < -0.4 is 14.4 Å². The van der Waals surface area contributed by atoms with Crippen LogP contribution in [0.2, 0.25) is 0 Å². The number of sulfonamides is 1. The van der Waals surface area contributed by atoms with Gasteiger partial charge in [-0.3, -0.25) is 0 Å². The number of rotatable bonds is 14. The SMILES string of the molecule is COCCCN1CCOc2ccc(CO[C@H]3CN(S(=O)(=O)c4ccc(C)cc4)[C@@H](C[C@@H](C)N(C)C)C[C@@H]3c3ccc(OC)cc3)cc21. The third-order valence-corrected chi connectivity index (χ3v) is 11.6. The summed E-state index contributed by atoms with van der Waals surface area (Å²) in [5, 5.41) is 0. The quantitative estimate of drug-likeness (QED) is 0.203. The molecular formula is C37H51N3O6S. The molecule has 3 aromatic carbocycles. The van der Waals surface area contributed by atoms with Gasteiger partial charge in [0.1, 0.15) is 18.1 Å². The van der Waals surface area contributed by atoms with E-state index >= 15 is 0 Å². The van der Waals surface area contributed by atoms with Crippen LogP contribution in [0.3, 0.4) is 0 Å². The lowest BCUT2D eigenvalue weighted by molar-refractivity contribution is -0.0230. The van der Waals surface area contributed by atoms with Crippen molar-refractivity contribution >= 4 is 15.7 Å². The third kappa shape index (κ3) is 8.48. The highest BCUT2D eigenvalue weighted by molar-refractivity contribution is 7.89. The average Bonchev–Trinajstić information content (AvgIpc) is 3.07. The van der Waals surface area contributed by atoms with Crippen LogP contribution in [-0.2, 0) is 26.1 Å². The molecule has 2 aliphatic heterocycles. The van der Waals surface area contributed by atoms with E-state index in [0.717, 1.165) is 53.4 Å². The second-order valence-electron chi connectivity index (χ2n) is 13.0. The summed E-state index contributed by atoms with van der Waals surface area (Å²) < 4.78 is 53.8. The monoisotopic (exact) mass is 665 g/mol. The van der Waals surface area contributed by atoms with Gasteiger partial charge in [0.15, 0.2) is 0 Å². The fourth-order valence-electron chi connectivity index (χ4n) is 6.59. The Labute approximate surface area is 281 Å². The van der Waals surface area contributed by atoms with Gasteiger partial charge < -0.3 is 28.7 Å². The van der Waals surface area contributed by atoms with Gasteiger partial charge in [-0.2, -0.15) is 4.31 Å². The summed E-state index contributed by atoms with van der Waals surface area (Å²) in [6, 6.07) is 21.5. The van der Waals surface area contributed by atoms with Crippen molar-refractivity contribution in [3.8, 4) is 11.5 Å². The number of benzene rings is 3. The third-order valence-electron chi connectivity index (χ3n) is 9.63. The van der Waals surface area contributed by atoms with Crippen molar-refractivity contribution in [1.82, 2.24) is 9.21 Å². The Kier molecular flexibility index (Phi) is 11.8. The van der Waals surface area contributed by atoms with Crippen molar-refractivity contribution in [2.75, 3.05) is 66.1 Å². The first kappa shape index (κ1) is 35.2. The highest BCUT2D eigenvalue weighted by Gasteiger charge is 2.43. The van der Waals surface area contributed by atoms with E-state index in [0.29, 0.717) is 37.6 Å². The highest BCUT2D eigenvalue weighted by atomic mass is 32.2. The second-order valence-corrected chi connectivity index (χ2v) is 14.9. The molecule has 0 aliphatic carbocycles. The standard InChI is InChI=1S/C37H51N3O6S/c1-27-8-15-33(16-9-27)47(41,42)40-25-37(34(24-31(40)22-28(2)38(3)4)30-11-13-32(44-6)14-12-30)46-26-29-10-17-36-35(23-29)39(19-21-45-36)18-7-20-43-5/h8-17,23,28,31,34,37H,7,18-22,24-26H2,1-6H3/t28-,31+,34-,37+/m1/s1. The molecular weight excluding hydrogens is 614 g/mol. The van der Waals surface area contributed by atoms with Gasteiger partial charge in [0.25, 0.3) is 0 Å². The summed E-state index contributed by atoms with van der Waals surface area (Å²) in [4.78, 5) is 4.81. The topological polar surface area (TPSA) is 80.8 Å². The molecule has 256 valence electrons. The van der Waals surface area contributed by atoms with Gasteiger partial charge in [0, 0.05) is 44.8 Å². The van der Waals surface area contributed by atoms with Gasteiger partial charge in [0.05, 0.1) is 36.9 Å². The Morgan fingerprint density at radius 2 is 1.77 bits per heavy atom. The average molecular weight is 666 g/mol. The molecule has 0 radical (unpaired) electrons. The largest absolute Gasteiger partial charge is 0.497 e. The van der Waals surface area contributed by atoms with Crippen molar-refractivity contribution in [3.05, 3.63) is 83.4 Å². The molecule has 1 fully saturated rings. The summed E-state index contributed by atoms with van der Waals surface area (Å²) in [5.74, 6) is 1.66.